The van der Waals surface area contributed by atoms with Crippen molar-refractivity contribution in [3.8, 4) is 0 Å². The molecule has 0 bridgehead atoms. The molecule has 86 valence electrons. The zero-order valence-corrected chi connectivity index (χ0v) is 12.0. The second-order valence-electron chi connectivity index (χ2n) is 4.05. The summed E-state index contributed by atoms with van der Waals surface area (Å²) in [6.45, 7) is 6.82. The Balaban J connectivity index is 2.06. The Kier molecular flexibility index (Phi) is 6.53. The molecule has 0 saturated heterocycles. The van der Waals surface area contributed by atoms with Crippen molar-refractivity contribution in [3.63, 3.8) is 0 Å². The van der Waals surface area contributed by atoms with Gasteiger partial charge < -0.3 is 5.32 Å². The predicted octanol–water partition coefficient (Wildman–Crippen LogP) is 4.08. The summed E-state index contributed by atoms with van der Waals surface area (Å²) in [6, 6.07) is 4.33. The van der Waals surface area contributed by atoms with Gasteiger partial charge in [-0.3, -0.25) is 0 Å². The third kappa shape index (κ3) is 5.69. The summed E-state index contributed by atoms with van der Waals surface area (Å²) in [4.78, 5) is 1.46. The maximum absolute atomic E-state index is 3.52. The second-order valence-corrected chi connectivity index (χ2v) is 6.60. The van der Waals surface area contributed by atoms with Crippen LogP contribution >= 0.6 is 27.3 Å². The summed E-state index contributed by atoms with van der Waals surface area (Å²) in [5, 5.41) is 3.52. The lowest BCUT2D eigenvalue weighted by Gasteiger charge is -2.10. The average molecular weight is 290 g/mol. The van der Waals surface area contributed by atoms with Crippen LogP contribution in [0.1, 0.15) is 31.6 Å². The Labute approximate surface area is 105 Å². The minimum Gasteiger partial charge on any atom is -0.316 e. The first-order chi connectivity index (χ1) is 7.22. The zero-order valence-electron chi connectivity index (χ0n) is 9.55. The molecule has 1 rings (SSSR count). The predicted molar refractivity (Wildman–Crippen MR) is 72.7 cm³/mol. The summed E-state index contributed by atoms with van der Waals surface area (Å²) >= 11 is 5.32. The Morgan fingerprint density at radius 3 is 2.87 bits per heavy atom. The van der Waals surface area contributed by atoms with E-state index in [1.165, 1.54) is 21.5 Å². The molecule has 1 unspecified atom stereocenters. The number of halogens is 1. The highest BCUT2D eigenvalue weighted by atomic mass is 79.9. The number of nitrogens with one attached hydrogen (secondary N) is 1. The highest BCUT2D eigenvalue weighted by molar-refractivity contribution is 9.11. The Bertz CT molecular complexity index is 272. The molecule has 0 radical (unpaired) electrons. The number of hydrogen-bond acceptors (Lipinski definition) is 2. The Morgan fingerprint density at radius 2 is 2.27 bits per heavy atom. The van der Waals surface area contributed by atoms with Crippen molar-refractivity contribution in [1.29, 1.82) is 0 Å². The fraction of sp³-hybridized carbons (Fsp3) is 0.667. The van der Waals surface area contributed by atoms with Gasteiger partial charge in [-0.05, 0) is 59.9 Å². The fourth-order valence-corrected chi connectivity index (χ4v) is 3.12. The zero-order chi connectivity index (χ0) is 11.1. The molecule has 0 aromatic carbocycles. The quantitative estimate of drug-likeness (QED) is 0.746. The lowest BCUT2D eigenvalue weighted by atomic mass is 10.1. The van der Waals surface area contributed by atoms with Crippen LogP contribution in [0.4, 0.5) is 0 Å². The number of thiophene rings is 1. The van der Waals surface area contributed by atoms with E-state index in [9.17, 15) is 0 Å². The van der Waals surface area contributed by atoms with Crippen molar-refractivity contribution in [1.82, 2.24) is 5.32 Å². The van der Waals surface area contributed by atoms with Gasteiger partial charge in [-0.25, -0.2) is 0 Å². The van der Waals surface area contributed by atoms with Gasteiger partial charge in [0.25, 0.3) is 0 Å². The van der Waals surface area contributed by atoms with Crippen LogP contribution in [0.25, 0.3) is 0 Å². The van der Waals surface area contributed by atoms with E-state index in [1.807, 2.05) is 11.3 Å². The van der Waals surface area contributed by atoms with Gasteiger partial charge in [-0.2, -0.15) is 0 Å². The highest BCUT2D eigenvalue weighted by Crippen LogP contribution is 2.22. The van der Waals surface area contributed by atoms with E-state index < -0.39 is 0 Å². The van der Waals surface area contributed by atoms with E-state index >= 15 is 0 Å². The van der Waals surface area contributed by atoms with Crippen molar-refractivity contribution < 1.29 is 0 Å². The first-order valence-corrected chi connectivity index (χ1v) is 7.28. The highest BCUT2D eigenvalue weighted by Gasteiger charge is 2.00. The van der Waals surface area contributed by atoms with Gasteiger partial charge in [0, 0.05) is 4.88 Å². The van der Waals surface area contributed by atoms with Crippen LogP contribution < -0.4 is 5.32 Å². The maximum Gasteiger partial charge on any atom is 0.0701 e. The van der Waals surface area contributed by atoms with Gasteiger partial charge in [0.1, 0.15) is 0 Å². The fourth-order valence-electron chi connectivity index (χ4n) is 1.64. The molecule has 0 aliphatic rings. The van der Waals surface area contributed by atoms with Gasteiger partial charge in [-0.1, -0.05) is 20.3 Å². The average Bonchev–Trinajstić information content (AvgIpc) is 2.60. The number of hydrogen-bond donors (Lipinski definition) is 1. The first kappa shape index (κ1) is 13.2. The van der Waals surface area contributed by atoms with Crippen LogP contribution in [0.2, 0.25) is 0 Å². The third-order valence-electron chi connectivity index (χ3n) is 2.45. The van der Waals surface area contributed by atoms with Gasteiger partial charge in [-0.15, -0.1) is 11.3 Å². The van der Waals surface area contributed by atoms with E-state index in [2.05, 4.69) is 47.2 Å². The topological polar surface area (TPSA) is 12.0 Å². The van der Waals surface area contributed by atoms with Crippen molar-refractivity contribution in [2.24, 2.45) is 5.92 Å². The van der Waals surface area contributed by atoms with E-state index in [0.717, 1.165) is 25.4 Å². The van der Waals surface area contributed by atoms with Crippen molar-refractivity contribution in [2.75, 3.05) is 13.1 Å². The lowest BCUT2D eigenvalue weighted by molar-refractivity contribution is 0.478. The Morgan fingerprint density at radius 1 is 1.47 bits per heavy atom. The van der Waals surface area contributed by atoms with Gasteiger partial charge >= 0.3 is 0 Å². The minimum absolute atomic E-state index is 0.810. The summed E-state index contributed by atoms with van der Waals surface area (Å²) < 4.78 is 1.23. The maximum atomic E-state index is 3.52. The van der Waals surface area contributed by atoms with Gasteiger partial charge in [0.2, 0.25) is 0 Å². The lowest BCUT2D eigenvalue weighted by Crippen LogP contribution is -2.23. The van der Waals surface area contributed by atoms with E-state index in [0.29, 0.717) is 0 Å². The van der Waals surface area contributed by atoms with Crippen LogP contribution in [0.3, 0.4) is 0 Å². The molecule has 1 N–H and O–H groups in total. The molecule has 0 amide bonds. The van der Waals surface area contributed by atoms with E-state index in [4.69, 9.17) is 0 Å². The molecule has 0 saturated carbocycles. The summed E-state index contributed by atoms with van der Waals surface area (Å²) in [5.74, 6) is 0.810. The summed E-state index contributed by atoms with van der Waals surface area (Å²) in [6.07, 6.45) is 3.77. The van der Waals surface area contributed by atoms with Crippen LogP contribution in [-0.2, 0) is 6.42 Å². The van der Waals surface area contributed by atoms with Crippen molar-refractivity contribution >= 4 is 27.3 Å². The Hall–Kier alpha value is 0.140. The number of rotatable bonds is 7. The SMILES string of the molecule is CCCC(C)CNCCc1ccc(Br)s1. The largest absolute Gasteiger partial charge is 0.316 e. The molecule has 0 fully saturated rings. The molecule has 1 heterocycles. The van der Waals surface area contributed by atoms with E-state index in [1.54, 1.807) is 0 Å². The molecule has 1 aromatic heterocycles. The molecule has 3 heteroatoms. The third-order valence-corrected chi connectivity index (χ3v) is 4.13. The molecule has 1 atom stereocenters. The minimum atomic E-state index is 0.810. The molecule has 1 nitrogen and oxygen atoms in total. The molecule has 0 spiro atoms. The molecule has 0 aliphatic carbocycles. The molecule has 0 aliphatic heterocycles. The molecular weight excluding hydrogens is 270 g/mol. The summed E-state index contributed by atoms with van der Waals surface area (Å²) in [7, 11) is 0. The second kappa shape index (κ2) is 7.42. The van der Waals surface area contributed by atoms with Gasteiger partial charge in [0.15, 0.2) is 0 Å². The monoisotopic (exact) mass is 289 g/mol. The van der Waals surface area contributed by atoms with Crippen LogP contribution in [0.15, 0.2) is 15.9 Å². The van der Waals surface area contributed by atoms with Crippen LogP contribution in [-0.4, -0.2) is 13.1 Å². The first-order valence-electron chi connectivity index (χ1n) is 5.67. The van der Waals surface area contributed by atoms with Crippen LogP contribution in [0.5, 0.6) is 0 Å². The van der Waals surface area contributed by atoms with E-state index in [-0.39, 0.29) is 0 Å². The van der Waals surface area contributed by atoms with Gasteiger partial charge in [0.05, 0.1) is 3.79 Å². The van der Waals surface area contributed by atoms with Crippen LogP contribution in [0, 0.1) is 5.92 Å². The standard InChI is InChI=1S/C12H20BrNS/c1-3-4-10(2)9-14-8-7-11-5-6-12(13)15-11/h5-6,10,14H,3-4,7-9H2,1-2H3. The van der Waals surface area contributed by atoms with Crippen molar-refractivity contribution in [2.45, 2.75) is 33.1 Å². The molecule has 15 heavy (non-hydrogen) atoms. The summed E-state index contributed by atoms with van der Waals surface area (Å²) in [5.41, 5.74) is 0. The smallest absolute Gasteiger partial charge is 0.0701 e. The molecule has 1 aromatic rings. The normalized spacial score (nSPS) is 13.0. The van der Waals surface area contributed by atoms with Crippen molar-refractivity contribution in [3.05, 3.63) is 20.8 Å². The molecular formula is C12H20BrNS.